The van der Waals surface area contributed by atoms with Crippen molar-refractivity contribution in [3.63, 3.8) is 0 Å². The first-order chi connectivity index (χ1) is 15.4. The molecule has 6 nitrogen and oxygen atoms in total. The van der Waals surface area contributed by atoms with Gasteiger partial charge in [0.15, 0.2) is 5.11 Å². The van der Waals surface area contributed by atoms with Gasteiger partial charge in [-0.1, -0.05) is 48.3 Å². The third-order valence-corrected chi connectivity index (χ3v) is 5.81. The molecule has 32 heavy (non-hydrogen) atoms. The Morgan fingerprint density at radius 2 is 1.81 bits per heavy atom. The third kappa shape index (κ3) is 6.45. The Bertz CT molecular complexity index is 1040. The quantitative estimate of drug-likeness (QED) is 0.474. The van der Waals surface area contributed by atoms with Crippen LogP contribution < -0.4 is 15.5 Å². The molecule has 1 fully saturated rings. The van der Waals surface area contributed by atoms with E-state index in [4.69, 9.17) is 35.4 Å². The minimum atomic E-state index is -0.377. The molecule has 0 unspecified atom stereocenters. The van der Waals surface area contributed by atoms with Gasteiger partial charge in [0.05, 0.1) is 11.4 Å². The number of nitrogens with zero attached hydrogens (tertiary/aromatic N) is 2. The summed E-state index contributed by atoms with van der Waals surface area (Å²) in [7, 11) is 0. The van der Waals surface area contributed by atoms with E-state index in [0.717, 1.165) is 24.5 Å². The molecule has 0 spiro atoms. The molecule has 2 N–H and O–H groups in total. The largest absolute Gasteiger partial charge is 0.366 e. The van der Waals surface area contributed by atoms with E-state index in [1.807, 2.05) is 36.1 Å². The van der Waals surface area contributed by atoms with E-state index in [-0.39, 0.29) is 16.9 Å². The number of halogens is 2. The number of piperazine rings is 1. The van der Waals surface area contributed by atoms with Crippen LogP contribution in [0.2, 0.25) is 10.0 Å². The number of carbonyl (C=O) groups is 2. The molecule has 2 amide bonds. The van der Waals surface area contributed by atoms with Gasteiger partial charge in [0.1, 0.15) is 0 Å². The molecule has 1 aliphatic rings. The van der Waals surface area contributed by atoms with Crippen molar-refractivity contribution in [3.05, 3.63) is 64.1 Å². The number of amides is 2. The van der Waals surface area contributed by atoms with Crippen LogP contribution in [0.4, 0.5) is 11.4 Å². The zero-order valence-corrected chi connectivity index (χ0v) is 19.9. The van der Waals surface area contributed by atoms with Crippen molar-refractivity contribution >= 4 is 69.8 Å². The molecule has 9 heteroatoms. The van der Waals surface area contributed by atoms with E-state index in [0.29, 0.717) is 35.1 Å². The minimum absolute atomic E-state index is 0.174. The SMILES string of the molecule is CCC(=O)N1CCN(c2ccccc2NC(=S)NC(=O)/C=C/c2ccc(Cl)cc2Cl)CC1. The maximum atomic E-state index is 12.3. The normalized spacial score (nSPS) is 13.8. The highest BCUT2D eigenvalue weighted by atomic mass is 35.5. The van der Waals surface area contributed by atoms with Crippen molar-refractivity contribution in [1.82, 2.24) is 10.2 Å². The number of rotatable bonds is 5. The van der Waals surface area contributed by atoms with Crippen molar-refractivity contribution in [3.8, 4) is 0 Å². The monoisotopic (exact) mass is 490 g/mol. The highest BCUT2D eigenvalue weighted by Gasteiger charge is 2.21. The van der Waals surface area contributed by atoms with Crippen LogP contribution in [-0.2, 0) is 9.59 Å². The fraction of sp³-hybridized carbons (Fsp3) is 0.261. The number of benzene rings is 2. The lowest BCUT2D eigenvalue weighted by Gasteiger charge is -2.37. The fourth-order valence-electron chi connectivity index (χ4n) is 3.38. The average molecular weight is 491 g/mol. The Kier molecular flexibility index (Phi) is 8.50. The zero-order valence-electron chi connectivity index (χ0n) is 17.6. The second kappa shape index (κ2) is 11.3. The van der Waals surface area contributed by atoms with E-state index < -0.39 is 0 Å². The number of anilines is 2. The molecule has 0 saturated carbocycles. The first-order valence-electron chi connectivity index (χ1n) is 10.2. The molecule has 1 heterocycles. The number of nitrogens with one attached hydrogen (secondary N) is 2. The van der Waals surface area contributed by atoms with Crippen LogP contribution in [0.5, 0.6) is 0 Å². The molecule has 0 atom stereocenters. The third-order valence-electron chi connectivity index (χ3n) is 5.04. The Labute approximate surface area is 203 Å². The lowest BCUT2D eigenvalue weighted by atomic mass is 10.2. The minimum Gasteiger partial charge on any atom is -0.366 e. The van der Waals surface area contributed by atoms with Crippen molar-refractivity contribution in [2.45, 2.75) is 13.3 Å². The molecule has 0 bridgehead atoms. The van der Waals surface area contributed by atoms with E-state index in [1.54, 1.807) is 24.3 Å². The van der Waals surface area contributed by atoms with Gasteiger partial charge in [-0.2, -0.15) is 0 Å². The smallest absolute Gasteiger partial charge is 0.250 e. The number of hydrogen-bond donors (Lipinski definition) is 2. The summed E-state index contributed by atoms with van der Waals surface area (Å²) in [5.74, 6) is -0.203. The van der Waals surface area contributed by atoms with Crippen LogP contribution in [0.15, 0.2) is 48.5 Å². The molecular weight excluding hydrogens is 467 g/mol. The Hall–Kier alpha value is -2.61. The van der Waals surface area contributed by atoms with Gasteiger partial charge in [0.25, 0.3) is 0 Å². The topological polar surface area (TPSA) is 64.7 Å². The van der Waals surface area contributed by atoms with Crippen LogP contribution in [0.3, 0.4) is 0 Å². The maximum Gasteiger partial charge on any atom is 0.250 e. The van der Waals surface area contributed by atoms with Gasteiger partial charge in [0.2, 0.25) is 11.8 Å². The summed E-state index contributed by atoms with van der Waals surface area (Å²) in [6, 6.07) is 12.8. The van der Waals surface area contributed by atoms with Crippen molar-refractivity contribution in [2.75, 3.05) is 36.4 Å². The number of thiocarbonyl (C=S) groups is 1. The Morgan fingerprint density at radius 3 is 2.50 bits per heavy atom. The van der Waals surface area contributed by atoms with E-state index in [2.05, 4.69) is 15.5 Å². The van der Waals surface area contributed by atoms with Gasteiger partial charge in [-0.15, -0.1) is 0 Å². The molecule has 0 radical (unpaired) electrons. The summed E-state index contributed by atoms with van der Waals surface area (Å²) >= 11 is 17.3. The van der Waals surface area contributed by atoms with E-state index in [1.165, 1.54) is 6.08 Å². The lowest BCUT2D eigenvalue weighted by molar-refractivity contribution is -0.131. The highest BCUT2D eigenvalue weighted by molar-refractivity contribution is 7.80. The zero-order chi connectivity index (χ0) is 23.1. The first kappa shape index (κ1) is 24.0. The van der Waals surface area contributed by atoms with Crippen LogP contribution in [-0.4, -0.2) is 48.0 Å². The van der Waals surface area contributed by atoms with Gasteiger partial charge in [-0.05, 0) is 48.1 Å². The first-order valence-corrected chi connectivity index (χ1v) is 11.4. The Morgan fingerprint density at radius 1 is 1.09 bits per heavy atom. The maximum absolute atomic E-state index is 12.3. The molecule has 3 rings (SSSR count). The number of hydrogen-bond acceptors (Lipinski definition) is 4. The molecule has 2 aromatic carbocycles. The van der Waals surface area contributed by atoms with Gasteiger partial charge in [-0.3, -0.25) is 14.9 Å². The summed E-state index contributed by atoms with van der Waals surface area (Å²) in [4.78, 5) is 28.3. The molecule has 1 aliphatic heterocycles. The van der Waals surface area contributed by atoms with Crippen LogP contribution >= 0.6 is 35.4 Å². The predicted molar refractivity (Wildman–Crippen MR) is 135 cm³/mol. The van der Waals surface area contributed by atoms with Crippen LogP contribution in [0.1, 0.15) is 18.9 Å². The lowest BCUT2D eigenvalue weighted by Crippen LogP contribution is -2.48. The van der Waals surface area contributed by atoms with Crippen molar-refractivity contribution in [1.29, 1.82) is 0 Å². The van der Waals surface area contributed by atoms with Crippen molar-refractivity contribution < 1.29 is 9.59 Å². The molecule has 168 valence electrons. The summed E-state index contributed by atoms with van der Waals surface area (Å²) in [6.07, 6.45) is 3.48. The summed E-state index contributed by atoms with van der Waals surface area (Å²) < 4.78 is 0. The molecular formula is C23H24Cl2N4O2S. The van der Waals surface area contributed by atoms with Gasteiger partial charge >= 0.3 is 0 Å². The summed E-state index contributed by atoms with van der Waals surface area (Å²) in [6.45, 7) is 4.70. The second-order valence-corrected chi connectivity index (χ2v) is 8.43. The van der Waals surface area contributed by atoms with Gasteiger partial charge < -0.3 is 15.1 Å². The van der Waals surface area contributed by atoms with Gasteiger partial charge in [0, 0.05) is 48.7 Å². The molecule has 0 aromatic heterocycles. The Balaban J connectivity index is 1.59. The van der Waals surface area contributed by atoms with Crippen LogP contribution in [0.25, 0.3) is 6.08 Å². The standard InChI is InChI=1S/C23H24Cl2N4O2S/c1-2-22(31)29-13-11-28(12-14-29)20-6-4-3-5-19(20)26-23(32)27-21(30)10-8-16-7-9-17(24)15-18(16)25/h3-10,15H,2,11-14H2,1H3,(H2,26,27,30,32)/b10-8+. The summed E-state index contributed by atoms with van der Waals surface area (Å²) in [5.41, 5.74) is 2.44. The molecule has 1 saturated heterocycles. The fourth-order valence-corrected chi connectivity index (χ4v) is 4.07. The van der Waals surface area contributed by atoms with E-state index >= 15 is 0 Å². The average Bonchev–Trinajstić information content (AvgIpc) is 2.78. The number of para-hydroxylation sites is 2. The van der Waals surface area contributed by atoms with E-state index in [9.17, 15) is 9.59 Å². The van der Waals surface area contributed by atoms with Gasteiger partial charge in [-0.25, -0.2) is 0 Å². The van der Waals surface area contributed by atoms with Crippen molar-refractivity contribution in [2.24, 2.45) is 0 Å². The number of carbonyl (C=O) groups excluding carboxylic acids is 2. The molecule has 0 aliphatic carbocycles. The second-order valence-electron chi connectivity index (χ2n) is 7.18. The molecule has 2 aromatic rings. The van der Waals surface area contributed by atoms with Crippen LogP contribution in [0, 0.1) is 0 Å². The predicted octanol–water partition coefficient (Wildman–Crippen LogP) is 4.58. The highest BCUT2D eigenvalue weighted by Crippen LogP contribution is 2.27. The summed E-state index contributed by atoms with van der Waals surface area (Å²) in [5, 5.41) is 6.92.